The van der Waals surface area contributed by atoms with Crippen molar-refractivity contribution in [2.24, 2.45) is 5.73 Å². The van der Waals surface area contributed by atoms with E-state index in [1.807, 2.05) is 12.1 Å². The van der Waals surface area contributed by atoms with Crippen molar-refractivity contribution in [3.63, 3.8) is 0 Å². The first kappa shape index (κ1) is 14.0. The van der Waals surface area contributed by atoms with Crippen LogP contribution in [0, 0.1) is 0 Å². The second-order valence-electron chi connectivity index (χ2n) is 5.57. The summed E-state index contributed by atoms with van der Waals surface area (Å²) in [4.78, 5) is 0. The van der Waals surface area contributed by atoms with Crippen molar-refractivity contribution in [1.29, 1.82) is 0 Å². The second kappa shape index (κ2) is 6.06. The van der Waals surface area contributed by atoms with Gasteiger partial charge in [-0.1, -0.05) is 19.1 Å². The summed E-state index contributed by atoms with van der Waals surface area (Å²) in [5, 5.41) is 0. The number of aryl methyl sites for hydroxylation is 1. The van der Waals surface area contributed by atoms with E-state index in [2.05, 4.69) is 39.8 Å². The SMILES string of the molecule is CCC(N)CCc1ccc(OC(C)(C)C)cc1. The van der Waals surface area contributed by atoms with Gasteiger partial charge in [-0.2, -0.15) is 0 Å². The van der Waals surface area contributed by atoms with Crippen LogP contribution >= 0.6 is 0 Å². The zero-order chi connectivity index (χ0) is 12.9. The van der Waals surface area contributed by atoms with Gasteiger partial charge in [0.25, 0.3) is 0 Å². The molecule has 1 unspecified atom stereocenters. The van der Waals surface area contributed by atoms with Gasteiger partial charge in [-0.25, -0.2) is 0 Å². The third kappa shape index (κ3) is 5.73. The van der Waals surface area contributed by atoms with E-state index in [1.165, 1.54) is 5.56 Å². The van der Waals surface area contributed by atoms with Gasteiger partial charge >= 0.3 is 0 Å². The topological polar surface area (TPSA) is 35.2 Å². The van der Waals surface area contributed by atoms with Gasteiger partial charge in [0.2, 0.25) is 0 Å². The molecule has 0 aliphatic rings. The first-order chi connectivity index (χ1) is 7.90. The van der Waals surface area contributed by atoms with Crippen LogP contribution in [-0.2, 0) is 6.42 Å². The summed E-state index contributed by atoms with van der Waals surface area (Å²) in [5.74, 6) is 0.932. The maximum Gasteiger partial charge on any atom is 0.120 e. The molecule has 1 aromatic carbocycles. The molecular weight excluding hydrogens is 210 g/mol. The molecule has 0 radical (unpaired) electrons. The summed E-state index contributed by atoms with van der Waals surface area (Å²) in [6, 6.07) is 8.66. The number of hydrogen-bond donors (Lipinski definition) is 1. The molecule has 1 aromatic rings. The highest BCUT2D eigenvalue weighted by Crippen LogP contribution is 2.19. The summed E-state index contributed by atoms with van der Waals surface area (Å²) in [6.45, 7) is 8.30. The maximum atomic E-state index is 5.91. The lowest BCUT2D eigenvalue weighted by atomic mass is 10.0. The van der Waals surface area contributed by atoms with Gasteiger partial charge in [0.05, 0.1) is 0 Å². The van der Waals surface area contributed by atoms with Crippen molar-refractivity contribution < 1.29 is 4.74 Å². The predicted molar refractivity (Wildman–Crippen MR) is 73.4 cm³/mol. The highest BCUT2D eigenvalue weighted by molar-refractivity contribution is 5.27. The molecule has 96 valence electrons. The first-order valence-electron chi connectivity index (χ1n) is 6.44. The van der Waals surface area contributed by atoms with E-state index in [9.17, 15) is 0 Å². The normalized spacial score (nSPS) is 13.5. The highest BCUT2D eigenvalue weighted by atomic mass is 16.5. The Kier molecular flexibility index (Phi) is 5.01. The van der Waals surface area contributed by atoms with E-state index >= 15 is 0 Å². The molecule has 0 saturated carbocycles. The van der Waals surface area contributed by atoms with Crippen LogP contribution in [0.15, 0.2) is 24.3 Å². The molecule has 0 heterocycles. The molecule has 2 heteroatoms. The van der Waals surface area contributed by atoms with Gasteiger partial charge in [0.15, 0.2) is 0 Å². The fourth-order valence-corrected chi connectivity index (χ4v) is 1.63. The van der Waals surface area contributed by atoms with E-state index in [0.717, 1.165) is 25.0 Å². The minimum absolute atomic E-state index is 0.133. The maximum absolute atomic E-state index is 5.91. The number of rotatable bonds is 5. The molecule has 17 heavy (non-hydrogen) atoms. The van der Waals surface area contributed by atoms with E-state index in [1.54, 1.807) is 0 Å². The van der Waals surface area contributed by atoms with Gasteiger partial charge in [-0.05, 0) is 57.7 Å². The van der Waals surface area contributed by atoms with Crippen LogP contribution in [0.1, 0.15) is 46.1 Å². The summed E-state index contributed by atoms with van der Waals surface area (Å²) in [6.07, 6.45) is 3.14. The first-order valence-corrected chi connectivity index (χ1v) is 6.44. The Morgan fingerprint density at radius 1 is 1.18 bits per heavy atom. The van der Waals surface area contributed by atoms with Crippen molar-refractivity contribution in [2.45, 2.75) is 58.6 Å². The Balaban J connectivity index is 2.50. The molecule has 0 saturated heterocycles. The van der Waals surface area contributed by atoms with Gasteiger partial charge in [-0.15, -0.1) is 0 Å². The number of benzene rings is 1. The van der Waals surface area contributed by atoms with E-state index < -0.39 is 0 Å². The fraction of sp³-hybridized carbons (Fsp3) is 0.600. The largest absolute Gasteiger partial charge is 0.488 e. The van der Waals surface area contributed by atoms with Crippen LogP contribution in [0.3, 0.4) is 0 Å². The van der Waals surface area contributed by atoms with Crippen LogP contribution in [0.5, 0.6) is 5.75 Å². The summed E-state index contributed by atoms with van der Waals surface area (Å²) in [7, 11) is 0. The molecule has 0 spiro atoms. The molecule has 0 aliphatic heterocycles. The Morgan fingerprint density at radius 3 is 2.24 bits per heavy atom. The minimum Gasteiger partial charge on any atom is -0.488 e. The quantitative estimate of drug-likeness (QED) is 0.847. The van der Waals surface area contributed by atoms with Crippen molar-refractivity contribution in [1.82, 2.24) is 0 Å². The minimum atomic E-state index is -0.133. The fourth-order valence-electron chi connectivity index (χ4n) is 1.63. The molecule has 0 amide bonds. The van der Waals surface area contributed by atoms with E-state index in [0.29, 0.717) is 6.04 Å². The zero-order valence-electron chi connectivity index (χ0n) is 11.5. The highest BCUT2D eigenvalue weighted by Gasteiger charge is 2.11. The number of ether oxygens (including phenoxy) is 1. The van der Waals surface area contributed by atoms with Crippen LogP contribution in [0.2, 0.25) is 0 Å². The lowest BCUT2D eigenvalue weighted by Gasteiger charge is -2.21. The molecule has 0 fully saturated rings. The third-order valence-electron chi connectivity index (χ3n) is 2.68. The van der Waals surface area contributed by atoms with Crippen molar-refractivity contribution in [2.75, 3.05) is 0 Å². The molecule has 0 aliphatic carbocycles. The molecule has 2 N–H and O–H groups in total. The smallest absolute Gasteiger partial charge is 0.120 e. The van der Waals surface area contributed by atoms with Crippen LogP contribution < -0.4 is 10.5 Å². The Labute approximate surface area is 105 Å². The van der Waals surface area contributed by atoms with Gasteiger partial charge in [0, 0.05) is 6.04 Å². The molecule has 1 atom stereocenters. The molecule has 2 nitrogen and oxygen atoms in total. The summed E-state index contributed by atoms with van der Waals surface area (Å²) >= 11 is 0. The number of nitrogens with two attached hydrogens (primary N) is 1. The Bertz CT molecular complexity index is 324. The molecule has 1 rings (SSSR count). The van der Waals surface area contributed by atoms with Gasteiger partial charge in [-0.3, -0.25) is 0 Å². The Morgan fingerprint density at radius 2 is 1.76 bits per heavy atom. The lowest BCUT2D eigenvalue weighted by molar-refractivity contribution is 0.131. The molecular formula is C15H25NO. The van der Waals surface area contributed by atoms with Crippen LogP contribution in [0.25, 0.3) is 0 Å². The standard InChI is InChI=1S/C15H25NO/c1-5-13(16)9-6-12-7-10-14(11-8-12)17-15(2,3)4/h7-8,10-11,13H,5-6,9,16H2,1-4H3. The predicted octanol–water partition coefficient (Wildman–Crippen LogP) is 3.53. The zero-order valence-corrected chi connectivity index (χ0v) is 11.5. The average Bonchev–Trinajstić information content (AvgIpc) is 2.25. The van der Waals surface area contributed by atoms with Crippen molar-refractivity contribution in [3.05, 3.63) is 29.8 Å². The third-order valence-corrected chi connectivity index (χ3v) is 2.68. The van der Waals surface area contributed by atoms with Crippen LogP contribution in [-0.4, -0.2) is 11.6 Å². The van der Waals surface area contributed by atoms with Crippen molar-refractivity contribution in [3.8, 4) is 5.75 Å². The molecule has 0 bridgehead atoms. The van der Waals surface area contributed by atoms with E-state index in [4.69, 9.17) is 10.5 Å². The van der Waals surface area contributed by atoms with E-state index in [-0.39, 0.29) is 5.60 Å². The lowest BCUT2D eigenvalue weighted by Crippen LogP contribution is -2.22. The van der Waals surface area contributed by atoms with Crippen LogP contribution in [0.4, 0.5) is 0 Å². The summed E-state index contributed by atoms with van der Waals surface area (Å²) < 4.78 is 5.78. The van der Waals surface area contributed by atoms with Gasteiger partial charge < -0.3 is 10.5 Å². The monoisotopic (exact) mass is 235 g/mol. The summed E-state index contributed by atoms with van der Waals surface area (Å²) in [5.41, 5.74) is 7.11. The van der Waals surface area contributed by atoms with Crippen molar-refractivity contribution >= 4 is 0 Å². The number of hydrogen-bond acceptors (Lipinski definition) is 2. The second-order valence-corrected chi connectivity index (χ2v) is 5.57. The average molecular weight is 235 g/mol. The van der Waals surface area contributed by atoms with Gasteiger partial charge in [0.1, 0.15) is 11.4 Å². The Hall–Kier alpha value is -1.02. The molecule has 0 aromatic heterocycles.